The van der Waals surface area contributed by atoms with Gasteiger partial charge in [0.2, 0.25) is 0 Å². The van der Waals surface area contributed by atoms with Crippen LogP contribution in [0.4, 0.5) is 0 Å². The summed E-state index contributed by atoms with van der Waals surface area (Å²) in [7, 11) is 0. The van der Waals surface area contributed by atoms with Gasteiger partial charge in [-0.2, -0.15) is 0 Å². The number of rotatable bonds is 3. The Labute approximate surface area is 97.1 Å². The van der Waals surface area contributed by atoms with Crippen molar-refractivity contribution in [1.29, 1.82) is 0 Å². The molecule has 2 nitrogen and oxygen atoms in total. The van der Waals surface area contributed by atoms with Crippen molar-refractivity contribution >= 4 is 5.78 Å². The number of hydrogen-bond donors (Lipinski definition) is 0. The van der Waals surface area contributed by atoms with Crippen LogP contribution in [0.2, 0.25) is 0 Å². The SMILES string of the molecule is CCC(C)(C)C(=O)C1CCc2cccnc21. The van der Waals surface area contributed by atoms with Gasteiger partial charge in [0.1, 0.15) is 5.78 Å². The van der Waals surface area contributed by atoms with E-state index in [4.69, 9.17) is 0 Å². The number of carbonyl (C=O) groups is 1. The van der Waals surface area contributed by atoms with Crippen molar-refractivity contribution in [2.75, 3.05) is 0 Å². The van der Waals surface area contributed by atoms with Crippen LogP contribution >= 0.6 is 0 Å². The molecule has 86 valence electrons. The zero-order valence-corrected chi connectivity index (χ0v) is 10.3. The van der Waals surface area contributed by atoms with Crippen molar-refractivity contribution in [3.05, 3.63) is 29.6 Å². The molecule has 1 aliphatic carbocycles. The molecule has 0 fully saturated rings. The summed E-state index contributed by atoms with van der Waals surface area (Å²) in [4.78, 5) is 16.8. The predicted octanol–water partition coefficient (Wildman–Crippen LogP) is 3.12. The van der Waals surface area contributed by atoms with Gasteiger partial charge in [-0.1, -0.05) is 26.8 Å². The standard InChI is InChI=1S/C14H19NO/c1-4-14(2,3)13(16)11-8-7-10-6-5-9-15-12(10)11/h5-6,9,11H,4,7-8H2,1-3H3. The summed E-state index contributed by atoms with van der Waals surface area (Å²) in [6, 6.07) is 4.05. The first-order chi connectivity index (χ1) is 7.56. The number of Topliss-reactive ketones (excluding diaryl/α,β-unsaturated/α-hetero) is 1. The van der Waals surface area contributed by atoms with Gasteiger partial charge in [0, 0.05) is 11.6 Å². The lowest BCUT2D eigenvalue weighted by molar-refractivity contribution is -0.128. The van der Waals surface area contributed by atoms with Crippen molar-refractivity contribution in [2.24, 2.45) is 5.41 Å². The molecule has 2 rings (SSSR count). The summed E-state index contributed by atoms with van der Waals surface area (Å²) in [5.41, 5.74) is 2.06. The molecular formula is C14H19NO. The van der Waals surface area contributed by atoms with Crippen molar-refractivity contribution in [2.45, 2.75) is 46.0 Å². The van der Waals surface area contributed by atoms with Gasteiger partial charge in [0.15, 0.2) is 0 Å². The second kappa shape index (κ2) is 4.00. The summed E-state index contributed by atoms with van der Waals surface area (Å²) >= 11 is 0. The van der Waals surface area contributed by atoms with Crippen LogP contribution in [0.15, 0.2) is 18.3 Å². The number of hydrogen-bond acceptors (Lipinski definition) is 2. The van der Waals surface area contributed by atoms with Gasteiger partial charge < -0.3 is 0 Å². The third-order valence-corrected chi connectivity index (χ3v) is 3.83. The first kappa shape index (κ1) is 11.3. The van der Waals surface area contributed by atoms with E-state index in [0.717, 1.165) is 25.0 Å². The summed E-state index contributed by atoms with van der Waals surface area (Å²) in [6.07, 6.45) is 4.63. The largest absolute Gasteiger partial charge is 0.298 e. The highest BCUT2D eigenvalue weighted by molar-refractivity contribution is 5.90. The van der Waals surface area contributed by atoms with Crippen LogP contribution in [-0.4, -0.2) is 10.8 Å². The molecule has 16 heavy (non-hydrogen) atoms. The minimum Gasteiger partial charge on any atom is -0.298 e. The van der Waals surface area contributed by atoms with Gasteiger partial charge in [-0.05, 0) is 30.9 Å². The molecule has 0 spiro atoms. The Bertz CT molecular complexity index is 409. The maximum Gasteiger partial charge on any atom is 0.147 e. The highest BCUT2D eigenvalue weighted by atomic mass is 16.1. The first-order valence-electron chi connectivity index (χ1n) is 6.04. The molecule has 0 aliphatic heterocycles. The van der Waals surface area contributed by atoms with Crippen LogP contribution in [0.25, 0.3) is 0 Å². The predicted molar refractivity (Wildman–Crippen MR) is 64.4 cm³/mol. The average molecular weight is 217 g/mol. The van der Waals surface area contributed by atoms with Gasteiger partial charge in [0.25, 0.3) is 0 Å². The number of carbonyl (C=O) groups excluding carboxylic acids is 1. The van der Waals surface area contributed by atoms with E-state index in [1.54, 1.807) is 6.20 Å². The lowest BCUT2D eigenvalue weighted by Gasteiger charge is -2.24. The molecule has 1 aromatic heterocycles. The zero-order valence-electron chi connectivity index (χ0n) is 10.3. The number of aromatic nitrogens is 1. The monoisotopic (exact) mass is 217 g/mol. The number of aryl methyl sites for hydroxylation is 1. The molecule has 1 heterocycles. The first-order valence-corrected chi connectivity index (χ1v) is 6.04. The molecule has 1 aromatic rings. The van der Waals surface area contributed by atoms with E-state index in [2.05, 4.69) is 18.0 Å². The topological polar surface area (TPSA) is 30.0 Å². The highest BCUT2D eigenvalue weighted by Gasteiger charge is 2.37. The quantitative estimate of drug-likeness (QED) is 0.778. The van der Waals surface area contributed by atoms with E-state index in [1.807, 2.05) is 19.9 Å². The Hall–Kier alpha value is -1.18. The van der Waals surface area contributed by atoms with Gasteiger partial charge in [-0.3, -0.25) is 9.78 Å². The fraction of sp³-hybridized carbons (Fsp3) is 0.571. The van der Waals surface area contributed by atoms with E-state index in [9.17, 15) is 4.79 Å². The molecule has 0 saturated carbocycles. The fourth-order valence-electron chi connectivity index (χ4n) is 2.31. The van der Waals surface area contributed by atoms with E-state index in [-0.39, 0.29) is 11.3 Å². The van der Waals surface area contributed by atoms with Crippen LogP contribution < -0.4 is 0 Å². The molecule has 1 atom stereocenters. The second-order valence-corrected chi connectivity index (χ2v) is 5.24. The molecule has 0 bridgehead atoms. The van der Waals surface area contributed by atoms with Crippen molar-refractivity contribution < 1.29 is 4.79 Å². The Balaban J connectivity index is 2.29. The highest BCUT2D eigenvalue weighted by Crippen LogP contribution is 2.38. The lowest BCUT2D eigenvalue weighted by Crippen LogP contribution is -2.28. The van der Waals surface area contributed by atoms with Crippen LogP contribution in [0.5, 0.6) is 0 Å². The molecule has 0 radical (unpaired) electrons. The molecule has 1 unspecified atom stereocenters. The number of fused-ring (bicyclic) bond motifs is 1. The molecule has 1 aliphatic rings. The average Bonchev–Trinajstić information content (AvgIpc) is 2.71. The third kappa shape index (κ3) is 1.77. The van der Waals surface area contributed by atoms with E-state index in [0.29, 0.717) is 5.78 Å². The Morgan fingerprint density at radius 1 is 1.56 bits per heavy atom. The zero-order chi connectivity index (χ0) is 11.8. The Kier molecular flexibility index (Phi) is 2.83. The van der Waals surface area contributed by atoms with Crippen molar-refractivity contribution in [3.63, 3.8) is 0 Å². The minimum atomic E-state index is -0.218. The van der Waals surface area contributed by atoms with Crippen molar-refractivity contribution in [3.8, 4) is 0 Å². The van der Waals surface area contributed by atoms with E-state index >= 15 is 0 Å². The van der Waals surface area contributed by atoms with E-state index < -0.39 is 0 Å². The van der Waals surface area contributed by atoms with Gasteiger partial charge >= 0.3 is 0 Å². The molecular weight excluding hydrogens is 198 g/mol. The molecule has 0 aromatic carbocycles. The van der Waals surface area contributed by atoms with Gasteiger partial charge in [-0.15, -0.1) is 0 Å². The number of ketones is 1. The van der Waals surface area contributed by atoms with Crippen LogP contribution in [0, 0.1) is 5.41 Å². The van der Waals surface area contributed by atoms with Gasteiger partial charge in [0.05, 0.1) is 11.6 Å². The van der Waals surface area contributed by atoms with Crippen LogP contribution in [0.3, 0.4) is 0 Å². The fourth-order valence-corrected chi connectivity index (χ4v) is 2.31. The maximum atomic E-state index is 12.4. The Morgan fingerprint density at radius 3 is 3.00 bits per heavy atom. The third-order valence-electron chi connectivity index (χ3n) is 3.83. The summed E-state index contributed by atoms with van der Waals surface area (Å²) in [5.74, 6) is 0.388. The molecule has 0 amide bonds. The molecule has 0 saturated heterocycles. The summed E-state index contributed by atoms with van der Waals surface area (Å²) in [6.45, 7) is 6.15. The number of pyridine rings is 1. The second-order valence-electron chi connectivity index (χ2n) is 5.24. The number of nitrogens with zero attached hydrogens (tertiary/aromatic N) is 1. The van der Waals surface area contributed by atoms with Crippen LogP contribution in [0.1, 0.15) is 50.8 Å². The van der Waals surface area contributed by atoms with E-state index in [1.165, 1.54) is 5.56 Å². The summed E-state index contributed by atoms with van der Waals surface area (Å²) < 4.78 is 0. The molecule has 0 N–H and O–H groups in total. The van der Waals surface area contributed by atoms with Crippen LogP contribution in [-0.2, 0) is 11.2 Å². The Morgan fingerprint density at radius 2 is 2.31 bits per heavy atom. The van der Waals surface area contributed by atoms with Crippen molar-refractivity contribution in [1.82, 2.24) is 4.98 Å². The molecule has 2 heteroatoms. The normalized spacial score (nSPS) is 19.6. The minimum absolute atomic E-state index is 0.0335. The van der Waals surface area contributed by atoms with Gasteiger partial charge in [-0.25, -0.2) is 0 Å². The maximum absolute atomic E-state index is 12.4. The summed E-state index contributed by atoms with van der Waals surface area (Å²) in [5, 5.41) is 0. The smallest absolute Gasteiger partial charge is 0.147 e. The lowest BCUT2D eigenvalue weighted by atomic mass is 9.78.